The van der Waals surface area contributed by atoms with Crippen LogP contribution in [0, 0.1) is 17.3 Å². The summed E-state index contributed by atoms with van der Waals surface area (Å²) >= 11 is 0. The molecule has 0 saturated heterocycles. The third-order valence-electron chi connectivity index (χ3n) is 4.11. The van der Waals surface area contributed by atoms with Crippen LogP contribution >= 0.6 is 0 Å². The summed E-state index contributed by atoms with van der Waals surface area (Å²) < 4.78 is 5.04. The highest BCUT2D eigenvalue weighted by Crippen LogP contribution is 2.44. The first-order chi connectivity index (χ1) is 9.36. The van der Waals surface area contributed by atoms with Crippen molar-refractivity contribution in [3.8, 4) is 0 Å². The molecule has 20 heavy (non-hydrogen) atoms. The number of ether oxygens (including phenoxy) is 1. The van der Waals surface area contributed by atoms with E-state index in [2.05, 4.69) is 0 Å². The molecule has 0 aliphatic heterocycles. The van der Waals surface area contributed by atoms with Crippen LogP contribution in [-0.2, 0) is 14.3 Å². The number of carbonyl (C=O) groups excluding carboxylic acids is 1. The summed E-state index contributed by atoms with van der Waals surface area (Å²) in [6, 6.07) is 0. The Labute approximate surface area is 120 Å². The van der Waals surface area contributed by atoms with E-state index in [0.717, 1.165) is 12.8 Å². The van der Waals surface area contributed by atoms with Crippen LogP contribution in [0.3, 0.4) is 0 Å². The van der Waals surface area contributed by atoms with Gasteiger partial charge in [-0.05, 0) is 32.1 Å². The molecule has 3 unspecified atom stereocenters. The number of rotatable bonds is 6. The Morgan fingerprint density at radius 2 is 1.90 bits per heavy atom. The van der Waals surface area contributed by atoms with E-state index in [1.807, 2.05) is 13.8 Å². The molecule has 1 aliphatic carbocycles. The van der Waals surface area contributed by atoms with E-state index in [0.29, 0.717) is 12.8 Å². The topological polar surface area (TPSA) is 83.8 Å². The fourth-order valence-corrected chi connectivity index (χ4v) is 3.31. The molecule has 116 valence electrons. The predicted molar refractivity (Wildman–Crippen MR) is 74.1 cm³/mol. The van der Waals surface area contributed by atoms with E-state index < -0.39 is 29.4 Å². The Kier molecular flexibility index (Phi) is 5.99. The van der Waals surface area contributed by atoms with Gasteiger partial charge in [0.2, 0.25) is 0 Å². The second-order valence-corrected chi connectivity index (χ2v) is 6.05. The second kappa shape index (κ2) is 7.07. The molecule has 5 heteroatoms. The zero-order valence-corrected chi connectivity index (χ0v) is 12.6. The fourth-order valence-electron chi connectivity index (χ4n) is 3.31. The van der Waals surface area contributed by atoms with Crippen molar-refractivity contribution in [2.24, 2.45) is 17.3 Å². The lowest BCUT2D eigenvalue weighted by atomic mass is 9.64. The number of carboxylic acid groups (broad SMARTS) is 1. The van der Waals surface area contributed by atoms with Gasteiger partial charge in [-0.1, -0.05) is 26.7 Å². The zero-order chi connectivity index (χ0) is 15.3. The zero-order valence-electron chi connectivity index (χ0n) is 12.6. The third-order valence-corrected chi connectivity index (χ3v) is 4.11. The van der Waals surface area contributed by atoms with Crippen LogP contribution in [0.25, 0.3) is 0 Å². The Bertz CT molecular complexity index is 352. The fraction of sp³-hybridized carbons (Fsp3) is 0.867. The predicted octanol–water partition coefficient (Wildman–Crippen LogP) is 2.22. The summed E-state index contributed by atoms with van der Waals surface area (Å²) in [5.74, 6) is -2.40. The molecule has 0 spiro atoms. The Morgan fingerprint density at radius 3 is 2.35 bits per heavy atom. The number of aliphatic hydroxyl groups is 1. The maximum Gasteiger partial charge on any atom is 0.323 e. The highest BCUT2D eigenvalue weighted by molar-refractivity contribution is 5.99. The Morgan fingerprint density at radius 1 is 1.30 bits per heavy atom. The monoisotopic (exact) mass is 286 g/mol. The first-order valence-electron chi connectivity index (χ1n) is 7.44. The maximum absolute atomic E-state index is 12.4. The summed E-state index contributed by atoms with van der Waals surface area (Å²) in [6.45, 7) is 5.57. The number of hydrogen-bond donors (Lipinski definition) is 2. The molecule has 0 aromatic carbocycles. The van der Waals surface area contributed by atoms with Crippen LogP contribution in [0.4, 0.5) is 0 Å². The summed E-state index contributed by atoms with van der Waals surface area (Å²) in [4.78, 5) is 24.3. The SMILES string of the molecule is CCOC(=O)C(CC(C)C)(C(=O)O)C1CCCCC1O. The van der Waals surface area contributed by atoms with Gasteiger partial charge in [0, 0.05) is 5.92 Å². The van der Waals surface area contributed by atoms with E-state index >= 15 is 0 Å². The molecule has 1 aliphatic rings. The summed E-state index contributed by atoms with van der Waals surface area (Å²) in [7, 11) is 0. The molecule has 0 amide bonds. The minimum Gasteiger partial charge on any atom is -0.480 e. The molecule has 0 aromatic heterocycles. The molecular formula is C15H26O5. The first-order valence-corrected chi connectivity index (χ1v) is 7.44. The standard InChI is InChI=1S/C15H26O5/c1-4-20-14(19)15(13(17)18,9-10(2)3)11-7-5-6-8-12(11)16/h10-12,16H,4-9H2,1-3H3,(H,17,18). The average molecular weight is 286 g/mol. The Hall–Kier alpha value is -1.10. The molecule has 1 fully saturated rings. The molecular weight excluding hydrogens is 260 g/mol. The minimum absolute atomic E-state index is 0.0321. The smallest absolute Gasteiger partial charge is 0.323 e. The average Bonchev–Trinajstić information content (AvgIpc) is 2.36. The first kappa shape index (κ1) is 17.0. The highest BCUT2D eigenvalue weighted by atomic mass is 16.5. The van der Waals surface area contributed by atoms with Gasteiger partial charge < -0.3 is 14.9 Å². The minimum atomic E-state index is -1.62. The molecule has 5 nitrogen and oxygen atoms in total. The van der Waals surface area contributed by atoms with Gasteiger partial charge in [-0.25, -0.2) is 0 Å². The quantitative estimate of drug-likeness (QED) is 0.578. The van der Waals surface area contributed by atoms with Gasteiger partial charge >= 0.3 is 11.9 Å². The van der Waals surface area contributed by atoms with Crippen LogP contribution in [0.1, 0.15) is 52.9 Å². The van der Waals surface area contributed by atoms with Crippen molar-refractivity contribution < 1.29 is 24.5 Å². The largest absolute Gasteiger partial charge is 0.480 e. The van der Waals surface area contributed by atoms with Crippen LogP contribution in [0.15, 0.2) is 0 Å². The van der Waals surface area contributed by atoms with E-state index in [-0.39, 0.29) is 18.9 Å². The van der Waals surface area contributed by atoms with Gasteiger partial charge in [0.1, 0.15) is 0 Å². The van der Waals surface area contributed by atoms with E-state index in [1.54, 1.807) is 6.92 Å². The second-order valence-electron chi connectivity index (χ2n) is 6.05. The number of esters is 1. The van der Waals surface area contributed by atoms with Crippen molar-refractivity contribution in [2.75, 3.05) is 6.61 Å². The van der Waals surface area contributed by atoms with Crippen LogP contribution in [-0.4, -0.2) is 34.9 Å². The summed E-state index contributed by atoms with van der Waals surface area (Å²) in [5, 5.41) is 19.9. The molecule has 0 radical (unpaired) electrons. The molecule has 3 atom stereocenters. The van der Waals surface area contributed by atoms with Gasteiger partial charge in [0.25, 0.3) is 0 Å². The van der Waals surface area contributed by atoms with Crippen molar-refractivity contribution in [2.45, 2.75) is 59.0 Å². The molecule has 1 rings (SSSR count). The molecule has 0 aromatic rings. The number of carbonyl (C=O) groups is 2. The van der Waals surface area contributed by atoms with Crippen LogP contribution < -0.4 is 0 Å². The van der Waals surface area contributed by atoms with Gasteiger partial charge in [-0.15, -0.1) is 0 Å². The number of aliphatic carboxylic acids is 1. The molecule has 0 bridgehead atoms. The third kappa shape index (κ3) is 3.32. The molecule has 1 saturated carbocycles. The molecule has 0 heterocycles. The van der Waals surface area contributed by atoms with E-state index in [9.17, 15) is 19.8 Å². The van der Waals surface area contributed by atoms with Gasteiger partial charge in [0.05, 0.1) is 12.7 Å². The van der Waals surface area contributed by atoms with Gasteiger partial charge in [0.15, 0.2) is 5.41 Å². The lowest BCUT2D eigenvalue weighted by Crippen LogP contribution is -2.52. The van der Waals surface area contributed by atoms with Crippen molar-refractivity contribution in [1.82, 2.24) is 0 Å². The number of carboxylic acids is 1. The lowest BCUT2D eigenvalue weighted by Gasteiger charge is -2.40. The van der Waals surface area contributed by atoms with Crippen LogP contribution in [0.2, 0.25) is 0 Å². The van der Waals surface area contributed by atoms with Crippen molar-refractivity contribution in [3.05, 3.63) is 0 Å². The van der Waals surface area contributed by atoms with E-state index in [1.165, 1.54) is 0 Å². The van der Waals surface area contributed by atoms with Crippen molar-refractivity contribution in [3.63, 3.8) is 0 Å². The maximum atomic E-state index is 12.4. The lowest BCUT2D eigenvalue weighted by molar-refractivity contribution is -0.181. The normalized spacial score (nSPS) is 26.1. The summed E-state index contributed by atoms with van der Waals surface area (Å²) in [6.07, 6.45) is 2.27. The highest BCUT2D eigenvalue weighted by Gasteiger charge is 2.56. The van der Waals surface area contributed by atoms with Crippen molar-refractivity contribution >= 4 is 11.9 Å². The van der Waals surface area contributed by atoms with Crippen LogP contribution in [0.5, 0.6) is 0 Å². The summed E-state index contributed by atoms with van der Waals surface area (Å²) in [5.41, 5.74) is -1.62. The number of hydrogen-bond acceptors (Lipinski definition) is 4. The van der Waals surface area contributed by atoms with Crippen molar-refractivity contribution in [1.29, 1.82) is 0 Å². The van der Waals surface area contributed by atoms with E-state index in [4.69, 9.17) is 4.74 Å². The van der Waals surface area contributed by atoms with Gasteiger partial charge in [-0.2, -0.15) is 0 Å². The molecule has 2 N–H and O–H groups in total. The van der Waals surface area contributed by atoms with Gasteiger partial charge in [-0.3, -0.25) is 9.59 Å². The number of aliphatic hydroxyl groups excluding tert-OH is 1. The Balaban J connectivity index is 3.20.